The minimum atomic E-state index is -3.58. The summed E-state index contributed by atoms with van der Waals surface area (Å²) < 4.78 is 25.3. The van der Waals surface area contributed by atoms with E-state index >= 15 is 0 Å². The van der Waals surface area contributed by atoms with Gasteiger partial charge >= 0.3 is 0 Å². The number of benzene rings is 1. The second kappa shape index (κ2) is 8.12. The lowest BCUT2D eigenvalue weighted by atomic mass is 10.0. The lowest BCUT2D eigenvalue weighted by Crippen LogP contribution is -2.50. The molecule has 9 heteroatoms. The van der Waals surface area contributed by atoms with Crippen molar-refractivity contribution in [3.63, 3.8) is 0 Å². The third-order valence-corrected chi connectivity index (χ3v) is 5.05. The molecule has 22 heavy (non-hydrogen) atoms. The SMILES string of the molecule is CNS(=O)(=O)CC(=O)N1CCNCC1c1ccccc1Cl.Cl. The van der Waals surface area contributed by atoms with Gasteiger partial charge in [0.05, 0.1) is 6.04 Å². The van der Waals surface area contributed by atoms with Crippen LogP contribution in [0.25, 0.3) is 0 Å². The van der Waals surface area contributed by atoms with Crippen LogP contribution in [0.15, 0.2) is 24.3 Å². The molecule has 1 fully saturated rings. The van der Waals surface area contributed by atoms with Gasteiger partial charge in [0, 0.05) is 24.7 Å². The van der Waals surface area contributed by atoms with E-state index in [1.165, 1.54) is 7.05 Å². The van der Waals surface area contributed by atoms with Crippen molar-refractivity contribution in [2.24, 2.45) is 0 Å². The first-order valence-corrected chi connectivity index (χ1v) is 8.63. The van der Waals surface area contributed by atoms with Crippen molar-refractivity contribution >= 4 is 39.9 Å². The fourth-order valence-corrected chi connectivity index (χ4v) is 3.24. The number of carbonyl (C=O) groups excluding carboxylic acids is 1. The fraction of sp³-hybridized carbons (Fsp3) is 0.462. The quantitative estimate of drug-likeness (QED) is 0.824. The van der Waals surface area contributed by atoms with Crippen LogP contribution < -0.4 is 10.0 Å². The van der Waals surface area contributed by atoms with Crippen LogP contribution in [0.1, 0.15) is 11.6 Å². The number of piperazine rings is 1. The number of carbonyl (C=O) groups is 1. The molecule has 1 heterocycles. The van der Waals surface area contributed by atoms with E-state index in [0.29, 0.717) is 24.7 Å². The maximum Gasteiger partial charge on any atom is 0.239 e. The highest BCUT2D eigenvalue weighted by atomic mass is 35.5. The van der Waals surface area contributed by atoms with Crippen molar-refractivity contribution in [1.82, 2.24) is 14.9 Å². The Balaban J connectivity index is 0.00000242. The molecule has 0 radical (unpaired) electrons. The average Bonchev–Trinajstić information content (AvgIpc) is 2.47. The molecule has 1 aromatic carbocycles. The van der Waals surface area contributed by atoms with Crippen LogP contribution in [0.2, 0.25) is 5.02 Å². The summed E-state index contributed by atoms with van der Waals surface area (Å²) in [6.45, 7) is 1.63. The van der Waals surface area contributed by atoms with Gasteiger partial charge in [-0.15, -0.1) is 12.4 Å². The molecule has 1 unspecified atom stereocenters. The topological polar surface area (TPSA) is 78.5 Å². The van der Waals surface area contributed by atoms with Gasteiger partial charge in [0.2, 0.25) is 15.9 Å². The Kier molecular flexibility index (Phi) is 7.08. The molecule has 6 nitrogen and oxygen atoms in total. The molecule has 0 aliphatic carbocycles. The first-order chi connectivity index (χ1) is 9.94. The molecule has 2 rings (SSSR count). The van der Waals surface area contributed by atoms with Crippen molar-refractivity contribution in [3.05, 3.63) is 34.9 Å². The lowest BCUT2D eigenvalue weighted by molar-refractivity contribution is -0.131. The second-order valence-corrected chi connectivity index (χ2v) is 7.13. The number of amides is 1. The second-order valence-electron chi connectivity index (χ2n) is 4.79. The Morgan fingerprint density at radius 2 is 2.14 bits per heavy atom. The summed E-state index contributed by atoms with van der Waals surface area (Å²) in [7, 11) is -2.28. The Labute approximate surface area is 141 Å². The normalized spacial score (nSPS) is 18.6. The van der Waals surface area contributed by atoms with Crippen molar-refractivity contribution in [3.8, 4) is 0 Å². The number of halogens is 2. The highest BCUT2D eigenvalue weighted by molar-refractivity contribution is 7.90. The highest BCUT2D eigenvalue weighted by Crippen LogP contribution is 2.28. The molecule has 0 saturated carbocycles. The standard InChI is InChI=1S/C13H18ClN3O3S.ClH/c1-15-21(19,20)9-13(18)17-7-6-16-8-12(17)10-4-2-3-5-11(10)14;/h2-5,12,15-16H,6-9H2,1H3;1H. The molecular weight excluding hydrogens is 349 g/mol. The zero-order valence-electron chi connectivity index (χ0n) is 12.1. The van der Waals surface area contributed by atoms with Gasteiger partial charge in [0.1, 0.15) is 5.75 Å². The first kappa shape index (κ1) is 19.2. The predicted molar refractivity (Wildman–Crippen MR) is 88.9 cm³/mol. The summed E-state index contributed by atoms with van der Waals surface area (Å²) in [5, 5.41) is 3.77. The van der Waals surface area contributed by atoms with Crippen molar-refractivity contribution in [1.29, 1.82) is 0 Å². The van der Waals surface area contributed by atoms with Crippen molar-refractivity contribution in [2.75, 3.05) is 32.4 Å². The monoisotopic (exact) mass is 367 g/mol. The third-order valence-electron chi connectivity index (χ3n) is 3.45. The van der Waals surface area contributed by atoms with E-state index in [1.54, 1.807) is 11.0 Å². The number of hydrogen-bond acceptors (Lipinski definition) is 4. The molecule has 1 saturated heterocycles. The van der Waals surface area contributed by atoms with Gasteiger partial charge < -0.3 is 10.2 Å². The average molecular weight is 368 g/mol. The number of rotatable bonds is 4. The summed E-state index contributed by atoms with van der Waals surface area (Å²) in [5.74, 6) is -0.972. The summed E-state index contributed by atoms with van der Waals surface area (Å²) in [6, 6.07) is 7.03. The molecule has 0 spiro atoms. The number of nitrogens with one attached hydrogen (secondary N) is 2. The Morgan fingerprint density at radius 1 is 1.45 bits per heavy atom. The maximum absolute atomic E-state index is 12.3. The molecule has 0 aromatic heterocycles. The van der Waals surface area contributed by atoms with Crippen LogP contribution >= 0.6 is 24.0 Å². The van der Waals surface area contributed by atoms with Crippen LogP contribution in [0, 0.1) is 0 Å². The van der Waals surface area contributed by atoms with Crippen LogP contribution in [0.5, 0.6) is 0 Å². The van der Waals surface area contributed by atoms with Gasteiger partial charge in [-0.3, -0.25) is 4.79 Å². The number of nitrogens with zero attached hydrogens (tertiary/aromatic N) is 1. The molecule has 1 amide bonds. The summed E-state index contributed by atoms with van der Waals surface area (Å²) in [6.07, 6.45) is 0. The largest absolute Gasteiger partial charge is 0.332 e. The van der Waals surface area contributed by atoms with E-state index in [2.05, 4.69) is 10.0 Å². The number of hydrogen-bond donors (Lipinski definition) is 2. The third kappa shape index (κ3) is 4.57. The minimum absolute atomic E-state index is 0. The zero-order chi connectivity index (χ0) is 15.5. The summed E-state index contributed by atoms with van der Waals surface area (Å²) in [4.78, 5) is 13.9. The highest BCUT2D eigenvalue weighted by Gasteiger charge is 2.31. The molecule has 1 atom stereocenters. The zero-order valence-corrected chi connectivity index (χ0v) is 14.5. The molecular formula is C13H19Cl2N3O3S. The van der Waals surface area contributed by atoms with E-state index < -0.39 is 21.7 Å². The Morgan fingerprint density at radius 3 is 2.77 bits per heavy atom. The van der Waals surface area contributed by atoms with Crippen molar-refractivity contribution < 1.29 is 13.2 Å². The lowest BCUT2D eigenvalue weighted by Gasteiger charge is -2.36. The molecule has 2 N–H and O–H groups in total. The molecule has 1 aromatic rings. The van der Waals surface area contributed by atoms with Crippen LogP contribution in [0.3, 0.4) is 0 Å². The van der Waals surface area contributed by atoms with Crippen molar-refractivity contribution in [2.45, 2.75) is 6.04 Å². The Bertz CT molecular complexity index is 625. The number of sulfonamides is 1. The van der Waals surface area contributed by atoms with Gasteiger partial charge in [-0.2, -0.15) is 0 Å². The van der Waals surface area contributed by atoms with E-state index in [-0.39, 0.29) is 18.4 Å². The van der Waals surface area contributed by atoms with E-state index in [0.717, 1.165) is 5.56 Å². The Hall–Kier alpha value is -0.860. The predicted octanol–water partition coefficient (Wildman–Crippen LogP) is 0.784. The molecule has 0 bridgehead atoms. The van der Waals surface area contributed by atoms with E-state index in [4.69, 9.17) is 11.6 Å². The molecule has 124 valence electrons. The van der Waals surface area contributed by atoms with E-state index in [1.807, 2.05) is 18.2 Å². The fourth-order valence-electron chi connectivity index (χ4n) is 2.34. The van der Waals surface area contributed by atoms with Gasteiger partial charge in [-0.05, 0) is 18.7 Å². The summed E-state index contributed by atoms with van der Waals surface area (Å²) >= 11 is 6.19. The van der Waals surface area contributed by atoms with E-state index in [9.17, 15) is 13.2 Å². The van der Waals surface area contributed by atoms with Crippen LogP contribution in [0.4, 0.5) is 0 Å². The van der Waals surface area contributed by atoms with Gasteiger partial charge in [0.15, 0.2) is 0 Å². The van der Waals surface area contributed by atoms with Crippen LogP contribution in [-0.4, -0.2) is 51.7 Å². The maximum atomic E-state index is 12.3. The summed E-state index contributed by atoms with van der Waals surface area (Å²) in [5.41, 5.74) is 0.821. The van der Waals surface area contributed by atoms with Gasteiger partial charge in [-0.25, -0.2) is 13.1 Å². The van der Waals surface area contributed by atoms with Gasteiger partial charge in [-0.1, -0.05) is 29.8 Å². The minimum Gasteiger partial charge on any atom is -0.332 e. The van der Waals surface area contributed by atoms with Crippen LogP contribution in [-0.2, 0) is 14.8 Å². The smallest absolute Gasteiger partial charge is 0.239 e. The molecule has 1 aliphatic heterocycles. The van der Waals surface area contributed by atoms with Gasteiger partial charge in [0.25, 0.3) is 0 Å². The first-order valence-electron chi connectivity index (χ1n) is 6.60. The molecule has 1 aliphatic rings.